The molecule has 2 N–H and O–H groups in total. The lowest BCUT2D eigenvalue weighted by Crippen LogP contribution is -2.23. The molecule has 2 rings (SSSR count). The van der Waals surface area contributed by atoms with Crippen molar-refractivity contribution < 1.29 is 14.3 Å². The first-order valence-corrected chi connectivity index (χ1v) is 5.67. The van der Waals surface area contributed by atoms with Crippen molar-refractivity contribution in [2.75, 3.05) is 14.1 Å². The number of carbonyl (C=O) groups excluding carboxylic acids is 2. The summed E-state index contributed by atoms with van der Waals surface area (Å²) in [4.78, 5) is 28.3. The standard InChI is InChI=1S/C12H15N3O3/c1-15(2)12(17)8-6-14-9(11(13)16)5-10(8)18-7-3-4-7/h5-7H,3-4H2,1-2H3,(H2,13,16). The minimum Gasteiger partial charge on any atom is -0.489 e. The average molecular weight is 249 g/mol. The molecule has 1 aromatic rings. The SMILES string of the molecule is CN(C)C(=O)c1cnc(C(N)=O)cc1OC1CC1. The number of rotatable bonds is 4. The van der Waals surface area contributed by atoms with E-state index in [1.54, 1.807) is 14.1 Å². The number of aromatic nitrogens is 1. The lowest BCUT2D eigenvalue weighted by molar-refractivity contribution is 0.0821. The summed E-state index contributed by atoms with van der Waals surface area (Å²) in [5.41, 5.74) is 5.61. The molecule has 0 atom stereocenters. The van der Waals surface area contributed by atoms with Crippen LogP contribution in [-0.4, -0.2) is 41.9 Å². The molecule has 1 heterocycles. The Morgan fingerprint density at radius 3 is 2.61 bits per heavy atom. The van der Waals surface area contributed by atoms with Crippen molar-refractivity contribution in [3.63, 3.8) is 0 Å². The second-order valence-electron chi connectivity index (χ2n) is 4.45. The number of nitrogens with two attached hydrogens (primary N) is 1. The van der Waals surface area contributed by atoms with Crippen molar-refractivity contribution in [2.24, 2.45) is 5.73 Å². The highest BCUT2D eigenvalue weighted by Crippen LogP contribution is 2.29. The van der Waals surface area contributed by atoms with Crippen molar-refractivity contribution in [3.05, 3.63) is 23.5 Å². The number of hydrogen-bond acceptors (Lipinski definition) is 4. The van der Waals surface area contributed by atoms with Gasteiger partial charge in [-0.05, 0) is 12.8 Å². The van der Waals surface area contributed by atoms with Gasteiger partial charge in [0, 0.05) is 26.4 Å². The number of primary amides is 1. The van der Waals surface area contributed by atoms with Gasteiger partial charge in [0.25, 0.3) is 11.8 Å². The van der Waals surface area contributed by atoms with Crippen LogP contribution in [0, 0.1) is 0 Å². The molecule has 0 spiro atoms. The lowest BCUT2D eigenvalue weighted by Gasteiger charge is -2.14. The van der Waals surface area contributed by atoms with Crippen LogP contribution in [0.25, 0.3) is 0 Å². The molecule has 6 nitrogen and oxygen atoms in total. The molecular weight excluding hydrogens is 234 g/mol. The van der Waals surface area contributed by atoms with Gasteiger partial charge in [-0.2, -0.15) is 0 Å². The predicted molar refractivity (Wildman–Crippen MR) is 64.4 cm³/mol. The monoisotopic (exact) mass is 249 g/mol. The molecule has 2 amide bonds. The smallest absolute Gasteiger partial charge is 0.267 e. The Hall–Kier alpha value is -2.11. The van der Waals surface area contributed by atoms with E-state index in [1.165, 1.54) is 17.2 Å². The van der Waals surface area contributed by atoms with Gasteiger partial charge < -0.3 is 15.4 Å². The Kier molecular flexibility index (Phi) is 3.18. The summed E-state index contributed by atoms with van der Waals surface area (Å²) in [6.07, 6.45) is 3.38. The van der Waals surface area contributed by atoms with Gasteiger partial charge in [0.1, 0.15) is 11.4 Å². The fourth-order valence-corrected chi connectivity index (χ4v) is 1.44. The van der Waals surface area contributed by atoms with E-state index in [9.17, 15) is 9.59 Å². The second kappa shape index (κ2) is 4.64. The van der Waals surface area contributed by atoms with Crippen LogP contribution in [0.4, 0.5) is 0 Å². The summed E-state index contributed by atoms with van der Waals surface area (Å²) in [5.74, 6) is -0.478. The van der Waals surface area contributed by atoms with Gasteiger partial charge in [0.15, 0.2) is 0 Å². The molecule has 0 saturated heterocycles. The van der Waals surface area contributed by atoms with Gasteiger partial charge in [-0.25, -0.2) is 4.98 Å². The van der Waals surface area contributed by atoms with Crippen molar-refractivity contribution in [3.8, 4) is 5.75 Å². The number of hydrogen-bond donors (Lipinski definition) is 1. The quantitative estimate of drug-likeness (QED) is 0.838. The van der Waals surface area contributed by atoms with Gasteiger partial charge in [0.05, 0.1) is 11.7 Å². The van der Waals surface area contributed by atoms with Crippen LogP contribution in [0.2, 0.25) is 0 Å². The maximum Gasteiger partial charge on any atom is 0.267 e. The van der Waals surface area contributed by atoms with Crippen LogP contribution in [-0.2, 0) is 0 Å². The Balaban J connectivity index is 2.37. The number of nitrogens with zero attached hydrogens (tertiary/aromatic N) is 2. The van der Waals surface area contributed by atoms with Crippen LogP contribution in [0.15, 0.2) is 12.3 Å². The van der Waals surface area contributed by atoms with E-state index in [1.807, 2.05) is 0 Å². The van der Waals surface area contributed by atoms with Crippen molar-refractivity contribution >= 4 is 11.8 Å². The van der Waals surface area contributed by atoms with Gasteiger partial charge in [-0.1, -0.05) is 0 Å². The molecule has 1 saturated carbocycles. The molecule has 1 fully saturated rings. The average Bonchev–Trinajstić information content (AvgIpc) is 3.11. The van der Waals surface area contributed by atoms with E-state index in [0.717, 1.165) is 12.8 Å². The number of pyridine rings is 1. The molecule has 1 aromatic heterocycles. The summed E-state index contributed by atoms with van der Waals surface area (Å²) in [6.45, 7) is 0. The summed E-state index contributed by atoms with van der Waals surface area (Å²) in [7, 11) is 3.29. The van der Waals surface area contributed by atoms with Crippen molar-refractivity contribution in [1.82, 2.24) is 9.88 Å². The van der Waals surface area contributed by atoms with E-state index in [-0.39, 0.29) is 17.7 Å². The molecule has 96 valence electrons. The lowest BCUT2D eigenvalue weighted by atomic mass is 10.2. The Morgan fingerprint density at radius 2 is 2.11 bits per heavy atom. The Bertz CT molecular complexity index is 495. The molecule has 0 aromatic carbocycles. The minimum absolute atomic E-state index is 0.0981. The van der Waals surface area contributed by atoms with E-state index in [4.69, 9.17) is 10.5 Å². The van der Waals surface area contributed by atoms with Crippen LogP contribution in [0.1, 0.15) is 33.7 Å². The van der Waals surface area contributed by atoms with Crippen LogP contribution in [0.3, 0.4) is 0 Å². The van der Waals surface area contributed by atoms with Crippen LogP contribution < -0.4 is 10.5 Å². The van der Waals surface area contributed by atoms with E-state index >= 15 is 0 Å². The first-order valence-electron chi connectivity index (χ1n) is 5.67. The third-order valence-corrected chi connectivity index (χ3v) is 2.57. The van der Waals surface area contributed by atoms with Gasteiger partial charge in [-0.15, -0.1) is 0 Å². The summed E-state index contributed by atoms with van der Waals surface area (Å²) < 4.78 is 5.62. The molecule has 0 radical (unpaired) electrons. The van der Waals surface area contributed by atoms with Gasteiger partial charge in [0.2, 0.25) is 0 Å². The molecule has 18 heavy (non-hydrogen) atoms. The second-order valence-corrected chi connectivity index (χ2v) is 4.45. The topological polar surface area (TPSA) is 85.5 Å². The highest BCUT2D eigenvalue weighted by Gasteiger charge is 2.27. The highest BCUT2D eigenvalue weighted by molar-refractivity contribution is 5.98. The number of amides is 2. The fourth-order valence-electron chi connectivity index (χ4n) is 1.44. The summed E-state index contributed by atoms with van der Waals surface area (Å²) in [6, 6.07) is 1.43. The molecule has 0 aliphatic heterocycles. The van der Waals surface area contributed by atoms with Crippen LogP contribution >= 0.6 is 0 Å². The zero-order valence-electron chi connectivity index (χ0n) is 10.3. The normalized spacial score (nSPS) is 14.1. The highest BCUT2D eigenvalue weighted by atomic mass is 16.5. The van der Waals surface area contributed by atoms with Gasteiger partial charge >= 0.3 is 0 Å². The molecule has 1 aliphatic rings. The fraction of sp³-hybridized carbons (Fsp3) is 0.417. The van der Waals surface area contributed by atoms with E-state index in [0.29, 0.717) is 11.3 Å². The molecular formula is C12H15N3O3. The third kappa shape index (κ3) is 2.58. The maximum atomic E-state index is 11.9. The van der Waals surface area contributed by atoms with E-state index in [2.05, 4.69) is 4.98 Å². The van der Waals surface area contributed by atoms with Crippen LogP contribution in [0.5, 0.6) is 5.75 Å². The maximum absolute atomic E-state index is 11.9. The van der Waals surface area contributed by atoms with Gasteiger partial charge in [-0.3, -0.25) is 9.59 Å². The third-order valence-electron chi connectivity index (χ3n) is 2.57. The number of ether oxygens (including phenoxy) is 1. The Labute approximate surface area is 105 Å². The minimum atomic E-state index is -0.639. The summed E-state index contributed by atoms with van der Waals surface area (Å²) >= 11 is 0. The number of carbonyl (C=O) groups is 2. The molecule has 0 bridgehead atoms. The molecule has 0 unspecified atom stereocenters. The molecule has 1 aliphatic carbocycles. The van der Waals surface area contributed by atoms with Crippen molar-refractivity contribution in [1.29, 1.82) is 0 Å². The molecule has 6 heteroatoms. The first-order chi connectivity index (χ1) is 8.49. The summed E-state index contributed by atoms with van der Waals surface area (Å²) in [5, 5.41) is 0. The predicted octanol–water partition coefficient (Wildman–Crippen LogP) is 0.423. The first kappa shape index (κ1) is 12.3. The largest absolute Gasteiger partial charge is 0.489 e. The van der Waals surface area contributed by atoms with Crippen molar-refractivity contribution in [2.45, 2.75) is 18.9 Å². The zero-order chi connectivity index (χ0) is 13.3. The Morgan fingerprint density at radius 1 is 1.44 bits per heavy atom. The van der Waals surface area contributed by atoms with E-state index < -0.39 is 5.91 Å². The zero-order valence-corrected chi connectivity index (χ0v) is 10.3.